The van der Waals surface area contributed by atoms with Gasteiger partial charge in [-0.05, 0) is 36.6 Å². The van der Waals surface area contributed by atoms with Crippen LogP contribution < -0.4 is 9.80 Å². The molecule has 0 spiro atoms. The predicted molar refractivity (Wildman–Crippen MR) is 128 cm³/mol. The summed E-state index contributed by atoms with van der Waals surface area (Å²) in [6.45, 7) is 2.05. The van der Waals surface area contributed by atoms with Crippen LogP contribution >= 0.6 is 0 Å². The molecule has 1 aliphatic rings. The smallest absolute Gasteiger partial charge is 0.232 e. The minimum atomic E-state index is -0.106. The van der Waals surface area contributed by atoms with E-state index in [1.807, 2.05) is 71.8 Å². The molecule has 0 N–H and O–H groups in total. The molecule has 1 aliphatic heterocycles. The van der Waals surface area contributed by atoms with E-state index in [4.69, 9.17) is 0 Å². The van der Waals surface area contributed by atoms with Gasteiger partial charge in [0.2, 0.25) is 5.91 Å². The fourth-order valence-corrected chi connectivity index (χ4v) is 4.32. The van der Waals surface area contributed by atoms with E-state index < -0.39 is 0 Å². The molecule has 0 saturated carbocycles. The number of carbonyl (C=O) groups excluding carboxylic acids is 1. The minimum absolute atomic E-state index is 0.106. The summed E-state index contributed by atoms with van der Waals surface area (Å²) < 4.78 is 1.72. The topological polar surface area (TPSA) is 67.2 Å². The van der Waals surface area contributed by atoms with Gasteiger partial charge in [0.25, 0.3) is 0 Å². The Labute approximate surface area is 193 Å². The first-order valence-electron chi connectivity index (χ1n) is 11.3. The van der Waals surface area contributed by atoms with Crippen molar-refractivity contribution in [3.63, 3.8) is 0 Å². The van der Waals surface area contributed by atoms with E-state index in [9.17, 15) is 4.79 Å². The Morgan fingerprint density at radius 3 is 2.48 bits per heavy atom. The molecule has 7 heteroatoms. The maximum atomic E-state index is 13.8. The second-order valence-corrected chi connectivity index (χ2v) is 8.22. The van der Waals surface area contributed by atoms with Crippen molar-refractivity contribution in [2.45, 2.75) is 19.4 Å². The van der Waals surface area contributed by atoms with Gasteiger partial charge in [0, 0.05) is 37.2 Å². The third-order valence-corrected chi connectivity index (χ3v) is 5.99. The molecular formula is C26H26N6O. The Morgan fingerprint density at radius 2 is 1.73 bits per heavy atom. The summed E-state index contributed by atoms with van der Waals surface area (Å²) in [5.74, 6) is 1.58. The monoisotopic (exact) mass is 438 g/mol. The van der Waals surface area contributed by atoms with Gasteiger partial charge in [0.05, 0.1) is 12.5 Å². The largest absolute Gasteiger partial charge is 0.356 e. The SMILES string of the molecule is O=C(C1CCCN(c2cc(-n3cccn3)ncn2)C1)N(Cc1ccccc1)c1ccccc1. The van der Waals surface area contributed by atoms with Crippen molar-refractivity contribution in [3.05, 3.63) is 97.1 Å². The van der Waals surface area contributed by atoms with E-state index in [1.54, 1.807) is 17.2 Å². The second kappa shape index (κ2) is 9.65. The molecule has 1 atom stereocenters. The van der Waals surface area contributed by atoms with E-state index in [2.05, 4.69) is 32.1 Å². The van der Waals surface area contributed by atoms with Crippen LogP contribution in [0.25, 0.3) is 5.82 Å². The number of benzene rings is 2. The third-order valence-electron chi connectivity index (χ3n) is 5.99. The van der Waals surface area contributed by atoms with Crippen LogP contribution in [0.2, 0.25) is 0 Å². The van der Waals surface area contributed by atoms with Crippen LogP contribution in [0.1, 0.15) is 18.4 Å². The van der Waals surface area contributed by atoms with Gasteiger partial charge in [0.15, 0.2) is 5.82 Å². The van der Waals surface area contributed by atoms with Crippen LogP contribution in [0, 0.1) is 5.92 Å². The molecule has 166 valence electrons. The summed E-state index contributed by atoms with van der Waals surface area (Å²) in [6, 6.07) is 23.9. The lowest BCUT2D eigenvalue weighted by molar-refractivity contribution is -0.122. The van der Waals surface area contributed by atoms with Crippen LogP contribution in [0.4, 0.5) is 11.5 Å². The molecular weight excluding hydrogens is 412 g/mol. The highest BCUT2D eigenvalue weighted by Crippen LogP contribution is 2.27. The number of aromatic nitrogens is 4. The number of para-hydroxylation sites is 1. The zero-order valence-corrected chi connectivity index (χ0v) is 18.4. The first-order chi connectivity index (χ1) is 16.3. The molecule has 0 aliphatic carbocycles. The number of hydrogen-bond donors (Lipinski definition) is 0. The van der Waals surface area contributed by atoms with Gasteiger partial charge in [-0.3, -0.25) is 4.79 Å². The van der Waals surface area contributed by atoms with Gasteiger partial charge in [-0.1, -0.05) is 48.5 Å². The Kier molecular flexibility index (Phi) is 6.10. The van der Waals surface area contributed by atoms with Crippen LogP contribution in [0.15, 0.2) is 91.5 Å². The van der Waals surface area contributed by atoms with Crippen molar-refractivity contribution in [1.82, 2.24) is 19.7 Å². The fourth-order valence-electron chi connectivity index (χ4n) is 4.32. The quantitative estimate of drug-likeness (QED) is 0.453. The Balaban J connectivity index is 1.37. The van der Waals surface area contributed by atoms with Crippen molar-refractivity contribution in [3.8, 4) is 5.82 Å². The summed E-state index contributed by atoms with van der Waals surface area (Å²) in [5.41, 5.74) is 2.04. The van der Waals surface area contributed by atoms with Gasteiger partial charge in [-0.15, -0.1) is 0 Å². The van der Waals surface area contributed by atoms with Crippen molar-refractivity contribution >= 4 is 17.4 Å². The fraction of sp³-hybridized carbons (Fsp3) is 0.231. The summed E-state index contributed by atoms with van der Waals surface area (Å²) in [5, 5.41) is 4.26. The number of anilines is 2. The van der Waals surface area contributed by atoms with Crippen LogP contribution in [0.3, 0.4) is 0 Å². The van der Waals surface area contributed by atoms with Crippen LogP contribution in [0.5, 0.6) is 0 Å². The van der Waals surface area contributed by atoms with Gasteiger partial charge >= 0.3 is 0 Å². The van der Waals surface area contributed by atoms with Crippen molar-refractivity contribution in [2.75, 3.05) is 22.9 Å². The second-order valence-electron chi connectivity index (χ2n) is 8.22. The summed E-state index contributed by atoms with van der Waals surface area (Å²) in [4.78, 5) is 26.7. The number of nitrogens with zero attached hydrogens (tertiary/aromatic N) is 6. The number of rotatable bonds is 6. The van der Waals surface area contributed by atoms with Gasteiger partial charge in [0.1, 0.15) is 12.1 Å². The van der Waals surface area contributed by atoms with Crippen molar-refractivity contribution in [1.29, 1.82) is 0 Å². The number of hydrogen-bond acceptors (Lipinski definition) is 5. The molecule has 3 heterocycles. The summed E-state index contributed by atoms with van der Waals surface area (Å²) >= 11 is 0. The lowest BCUT2D eigenvalue weighted by Crippen LogP contribution is -2.45. The number of piperidine rings is 1. The molecule has 33 heavy (non-hydrogen) atoms. The predicted octanol–water partition coefficient (Wildman–Crippen LogP) is 4.11. The molecule has 1 saturated heterocycles. The molecule has 0 bridgehead atoms. The lowest BCUT2D eigenvalue weighted by Gasteiger charge is -2.35. The summed E-state index contributed by atoms with van der Waals surface area (Å²) in [6.07, 6.45) is 6.94. The Morgan fingerprint density at radius 1 is 0.970 bits per heavy atom. The highest BCUT2D eigenvalue weighted by atomic mass is 16.2. The average Bonchev–Trinajstić information content (AvgIpc) is 3.44. The van der Waals surface area contributed by atoms with E-state index in [0.29, 0.717) is 18.9 Å². The normalized spacial score (nSPS) is 15.9. The molecule has 1 unspecified atom stereocenters. The number of amides is 1. The minimum Gasteiger partial charge on any atom is -0.356 e. The van der Waals surface area contributed by atoms with Crippen molar-refractivity contribution < 1.29 is 4.79 Å². The molecule has 7 nitrogen and oxygen atoms in total. The van der Waals surface area contributed by atoms with Crippen LogP contribution in [-0.4, -0.2) is 38.7 Å². The van der Waals surface area contributed by atoms with E-state index in [0.717, 1.165) is 36.5 Å². The first-order valence-corrected chi connectivity index (χ1v) is 11.3. The standard InChI is InChI=1S/C26H26N6O/c33-26(31(23-12-5-2-6-13-23)18-21-9-3-1-4-10-21)22-11-7-15-30(19-22)24-17-25(28-20-27-24)32-16-8-14-29-32/h1-6,8-10,12-14,16-17,20,22H,7,11,15,18-19H2. The highest BCUT2D eigenvalue weighted by Gasteiger charge is 2.31. The maximum Gasteiger partial charge on any atom is 0.232 e. The first kappa shape index (κ1) is 20.9. The molecule has 1 fully saturated rings. The lowest BCUT2D eigenvalue weighted by atomic mass is 9.95. The third kappa shape index (κ3) is 4.77. The number of carbonyl (C=O) groups is 1. The summed E-state index contributed by atoms with van der Waals surface area (Å²) in [7, 11) is 0. The highest BCUT2D eigenvalue weighted by molar-refractivity contribution is 5.95. The van der Waals surface area contributed by atoms with Crippen LogP contribution in [-0.2, 0) is 11.3 Å². The molecule has 4 aromatic rings. The van der Waals surface area contributed by atoms with Crippen molar-refractivity contribution in [2.24, 2.45) is 5.92 Å². The van der Waals surface area contributed by atoms with E-state index in [-0.39, 0.29) is 11.8 Å². The zero-order chi connectivity index (χ0) is 22.5. The average molecular weight is 439 g/mol. The molecule has 0 radical (unpaired) electrons. The van der Waals surface area contributed by atoms with Gasteiger partial charge < -0.3 is 9.80 Å². The molecule has 5 rings (SSSR count). The molecule has 2 aromatic carbocycles. The van der Waals surface area contributed by atoms with E-state index in [1.165, 1.54) is 0 Å². The molecule has 2 aromatic heterocycles. The Bertz CT molecular complexity index is 1180. The Hall–Kier alpha value is -4.00. The van der Waals surface area contributed by atoms with Gasteiger partial charge in [-0.25, -0.2) is 14.6 Å². The maximum absolute atomic E-state index is 13.8. The van der Waals surface area contributed by atoms with Gasteiger partial charge in [-0.2, -0.15) is 5.10 Å². The van der Waals surface area contributed by atoms with E-state index >= 15 is 0 Å². The zero-order valence-electron chi connectivity index (χ0n) is 18.4. The molecule has 1 amide bonds.